The first kappa shape index (κ1) is 24.6. The Hall–Kier alpha value is -3.65. The monoisotopic (exact) mass is 449 g/mol. The fourth-order valence-corrected chi connectivity index (χ4v) is 3.03. The molecule has 0 radical (unpaired) electrons. The molecule has 1 aromatic carbocycles. The van der Waals surface area contributed by atoms with Crippen LogP contribution in [0.15, 0.2) is 24.3 Å². The quantitative estimate of drug-likeness (QED) is 0.434. The summed E-state index contributed by atoms with van der Waals surface area (Å²) >= 11 is 0. The second kappa shape index (κ2) is 11.1. The first-order chi connectivity index (χ1) is 15.1. The second-order valence-corrected chi connectivity index (χ2v) is 6.82. The maximum Gasteiger partial charge on any atom is 0.303 e. The summed E-state index contributed by atoms with van der Waals surface area (Å²) in [6, 6.07) is 7.96. The Labute approximate surface area is 184 Å². The smallest absolute Gasteiger partial charge is 0.303 e. The summed E-state index contributed by atoms with van der Waals surface area (Å²) in [6.07, 6.45) is -6.35. The molecule has 11 heteroatoms. The van der Waals surface area contributed by atoms with Crippen LogP contribution in [-0.2, 0) is 42.9 Å². The molecule has 0 aliphatic carbocycles. The van der Waals surface area contributed by atoms with E-state index in [2.05, 4.69) is 0 Å². The van der Waals surface area contributed by atoms with Crippen LogP contribution < -0.4 is 4.74 Å². The first-order valence-electron chi connectivity index (χ1n) is 9.58. The van der Waals surface area contributed by atoms with Gasteiger partial charge in [-0.15, -0.1) is 0 Å². The number of ether oxygens (including phenoxy) is 6. The number of carbonyl (C=O) groups excluding carboxylic acids is 4. The molecule has 11 nitrogen and oxygen atoms in total. The molecule has 1 aliphatic rings. The average Bonchev–Trinajstić information content (AvgIpc) is 2.70. The normalized spacial score (nSPS) is 24.4. The third kappa shape index (κ3) is 6.95. The SMILES string of the molecule is CC(=O)OC[C@H]1O[C@@H](Oc2ccc(C#N)cc2)[C@H](OC(C)=O)[C@@H](OC(C)=O)[C@H]1OC(C)=O. The zero-order chi connectivity index (χ0) is 23.8. The number of benzene rings is 1. The largest absolute Gasteiger partial charge is 0.463 e. The van der Waals surface area contributed by atoms with Crippen molar-refractivity contribution >= 4 is 23.9 Å². The lowest BCUT2D eigenvalue weighted by molar-refractivity contribution is -0.288. The van der Waals surface area contributed by atoms with Crippen molar-refractivity contribution in [3.05, 3.63) is 29.8 Å². The van der Waals surface area contributed by atoms with Crippen LogP contribution >= 0.6 is 0 Å². The van der Waals surface area contributed by atoms with Gasteiger partial charge in [-0.2, -0.15) is 5.26 Å². The summed E-state index contributed by atoms with van der Waals surface area (Å²) in [5.74, 6) is -2.56. The molecule has 32 heavy (non-hydrogen) atoms. The van der Waals surface area contributed by atoms with Gasteiger partial charge in [0.15, 0.2) is 12.2 Å². The van der Waals surface area contributed by atoms with Crippen molar-refractivity contribution in [1.29, 1.82) is 5.26 Å². The molecule has 1 aliphatic heterocycles. The van der Waals surface area contributed by atoms with Gasteiger partial charge >= 0.3 is 23.9 Å². The molecule has 0 amide bonds. The van der Waals surface area contributed by atoms with Crippen molar-refractivity contribution < 1.29 is 47.6 Å². The molecule has 0 saturated carbocycles. The van der Waals surface area contributed by atoms with E-state index in [-0.39, 0.29) is 12.4 Å². The number of nitriles is 1. The molecule has 2 rings (SSSR count). The van der Waals surface area contributed by atoms with E-state index in [1.807, 2.05) is 6.07 Å². The molecule has 5 atom stereocenters. The molecular weight excluding hydrogens is 426 g/mol. The van der Waals surface area contributed by atoms with Crippen LogP contribution in [0.1, 0.15) is 33.3 Å². The van der Waals surface area contributed by atoms with E-state index in [1.54, 1.807) is 0 Å². The van der Waals surface area contributed by atoms with E-state index in [4.69, 9.17) is 33.7 Å². The zero-order valence-corrected chi connectivity index (χ0v) is 17.9. The van der Waals surface area contributed by atoms with Crippen molar-refractivity contribution in [3.63, 3.8) is 0 Å². The fraction of sp³-hybridized carbons (Fsp3) is 0.476. The van der Waals surface area contributed by atoms with E-state index >= 15 is 0 Å². The van der Waals surface area contributed by atoms with Gasteiger partial charge in [0.05, 0.1) is 11.6 Å². The number of nitrogens with zero attached hydrogens (tertiary/aromatic N) is 1. The molecule has 0 N–H and O–H groups in total. The van der Waals surface area contributed by atoms with Crippen LogP contribution in [0.4, 0.5) is 0 Å². The van der Waals surface area contributed by atoms with E-state index in [0.29, 0.717) is 5.56 Å². The lowest BCUT2D eigenvalue weighted by Crippen LogP contribution is -2.63. The summed E-state index contributed by atoms with van der Waals surface area (Å²) < 4.78 is 32.5. The molecule has 172 valence electrons. The van der Waals surface area contributed by atoms with Crippen molar-refractivity contribution in [2.45, 2.75) is 58.4 Å². The average molecular weight is 449 g/mol. The fourth-order valence-electron chi connectivity index (χ4n) is 3.03. The van der Waals surface area contributed by atoms with Crippen molar-refractivity contribution in [2.24, 2.45) is 0 Å². The summed E-state index contributed by atoms with van der Waals surface area (Å²) in [6.45, 7) is 4.22. The lowest BCUT2D eigenvalue weighted by Gasteiger charge is -2.43. The van der Waals surface area contributed by atoms with Crippen LogP contribution in [0, 0.1) is 11.3 Å². The van der Waals surface area contributed by atoms with Gasteiger partial charge < -0.3 is 28.4 Å². The van der Waals surface area contributed by atoms with Crippen LogP contribution in [0.5, 0.6) is 5.75 Å². The molecule has 1 fully saturated rings. The Morgan fingerprint density at radius 3 is 1.88 bits per heavy atom. The van der Waals surface area contributed by atoms with Crippen LogP contribution in [0.2, 0.25) is 0 Å². The molecule has 1 aromatic rings. The standard InChI is InChI=1S/C21H23NO10/c1-11(23)27-10-17-18(28-12(2)24)19(29-13(3)25)20(30-14(4)26)21(32-17)31-16-7-5-15(9-22)6-8-16/h5-8,17-21H,10H2,1-4H3/t17-,18+,19+,20-,21-/m1/s1. The van der Waals surface area contributed by atoms with Gasteiger partial charge in [-0.3, -0.25) is 19.2 Å². The maximum absolute atomic E-state index is 11.8. The van der Waals surface area contributed by atoms with Gasteiger partial charge in [0.25, 0.3) is 0 Å². The number of hydrogen-bond donors (Lipinski definition) is 0. The predicted octanol–water partition coefficient (Wildman–Crippen LogP) is 1.02. The minimum atomic E-state index is -1.33. The van der Waals surface area contributed by atoms with Crippen LogP contribution in [-0.4, -0.2) is 61.2 Å². The Morgan fingerprint density at radius 2 is 1.38 bits per heavy atom. The minimum Gasteiger partial charge on any atom is -0.463 e. The van der Waals surface area contributed by atoms with Crippen LogP contribution in [0.25, 0.3) is 0 Å². The van der Waals surface area contributed by atoms with Crippen molar-refractivity contribution in [3.8, 4) is 11.8 Å². The highest BCUT2D eigenvalue weighted by Gasteiger charge is 2.53. The number of carbonyl (C=O) groups is 4. The lowest BCUT2D eigenvalue weighted by atomic mass is 9.98. The van der Waals surface area contributed by atoms with E-state index in [9.17, 15) is 19.2 Å². The number of hydrogen-bond acceptors (Lipinski definition) is 11. The molecule has 0 spiro atoms. The number of rotatable bonds is 7. The van der Waals surface area contributed by atoms with Gasteiger partial charge in [0.1, 0.15) is 18.5 Å². The first-order valence-corrected chi connectivity index (χ1v) is 9.58. The summed E-state index contributed by atoms with van der Waals surface area (Å²) in [5.41, 5.74) is 0.388. The topological polar surface area (TPSA) is 147 Å². The summed E-state index contributed by atoms with van der Waals surface area (Å²) in [4.78, 5) is 46.6. The number of esters is 4. The summed E-state index contributed by atoms with van der Waals surface area (Å²) in [7, 11) is 0. The maximum atomic E-state index is 11.8. The van der Waals surface area contributed by atoms with E-state index in [1.165, 1.54) is 31.2 Å². The zero-order valence-electron chi connectivity index (χ0n) is 17.9. The summed E-state index contributed by atoms with van der Waals surface area (Å²) in [5, 5.41) is 8.95. The Balaban J connectivity index is 2.43. The Morgan fingerprint density at radius 1 is 0.844 bits per heavy atom. The third-order valence-corrected chi connectivity index (χ3v) is 4.18. The van der Waals surface area contributed by atoms with Gasteiger partial charge in [-0.25, -0.2) is 0 Å². The molecular formula is C21H23NO10. The van der Waals surface area contributed by atoms with Gasteiger partial charge in [-0.05, 0) is 24.3 Å². The minimum absolute atomic E-state index is 0.255. The van der Waals surface area contributed by atoms with Gasteiger partial charge in [-0.1, -0.05) is 0 Å². The van der Waals surface area contributed by atoms with Crippen molar-refractivity contribution in [2.75, 3.05) is 6.61 Å². The highest BCUT2D eigenvalue weighted by Crippen LogP contribution is 2.31. The van der Waals surface area contributed by atoms with E-state index < -0.39 is 54.6 Å². The van der Waals surface area contributed by atoms with Gasteiger partial charge in [0.2, 0.25) is 12.4 Å². The second-order valence-electron chi connectivity index (χ2n) is 6.82. The Kier molecular flexibility index (Phi) is 8.54. The highest BCUT2D eigenvalue weighted by molar-refractivity contribution is 5.68. The third-order valence-electron chi connectivity index (χ3n) is 4.18. The molecule has 1 heterocycles. The Bertz CT molecular complexity index is 891. The molecule has 0 aromatic heterocycles. The highest BCUT2D eigenvalue weighted by atomic mass is 16.7. The van der Waals surface area contributed by atoms with Crippen molar-refractivity contribution in [1.82, 2.24) is 0 Å². The molecule has 0 unspecified atom stereocenters. The van der Waals surface area contributed by atoms with Gasteiger partial charge in [0, 0.05) is 27.7 Å². The molecule has 1 saturated heterocycles. The predicted molar refractivity (Wildman–Crippen MR) is 104 cm³/mol. The van der Waals surface area contributed by atoms with E-state index in [0.717, 1.165) is 20.8 Å². The molecule has 0 bridgehead atoms. The van der Waals surface area contributed by atoms with Crippen LogP contribution in [0.3, 0.4) is 0 Å².